The summed E-state index contributed by atoms with van der Waals surface area (Å²) in [6.45, 7) is 3.84. The minimum atomic E-state index is -3.41. The second-order valence-corrected chi connectivity index (χ2v) is 12.8. The molecule has 0 aliphatic heterocycles. The van der Waals surface area contributed by atoms with Gasteiger partial charge in [-0.2, -0.15) is 0 Å². The highest BCUT2D eigenvalue weighted by molar-refractivity contribution is 7.91. The molecule has 0 amide bonds. The standard InChI is InChI=1S/C28H28N2O4S2/c1-21-3-15-27(16-4-21)35(31,32)19-23-7-11-25(12-8-23)29-30-26-13-9-24(10-14-26)20-36(33,34)28-17-5-22(2)6-18-28/h3-18,29-30H,19-20H2,1-2H3. The molecule has 0 bridgehead atoms. The molecule has 0 fully saturated rings. The normalized spacial score (nSPS) is 11.7. The van der Waals surface area contributed by atoms with Crippen LogP contribution < -0.4 is 10.9 Å². The Morgan fingerprint density at radius 2 is 0.778 bits per heavy atom. The molecule has 0 radical (unpaired) electrons. The van der Waals surface area contributed by atoms with Gasteiger partial charge in [-0.05, 0) is 73.5 Å². The highest BCUT2D eigenvalue weighted by Crippen LogP contribution is 2.21. The van der Waals surface area contributed by atoms with Crippen LogP contribution in [-0.4, -0.2) is 16.8 Å². The SMILES string of the molecule is Cc1ccc(S(=O)(=O)Cc2ccc(NNc3ccc(CS(=O)(=O)c4ccc(C)cc4)cc3)cc2)cc1. The summed E-state index contributed by atoms with van der Waals surface area (Å²) in [7, 11) is -6.83. The lowest BCUT2D eigenvalue weighted by atomic mass is 10.2. The third-order valence-corrected chi connectivity index (χ3v) is 9.14. The summed E-state index contributed by atoms with van der Waals surface area (Å²) in [4.78, 5) is 0.624. The number of benzene rings is 4. The lowest BCUT2D eigenvalue weighted by Crippen LogP contribution is -2.09. The molecule has 0 heterocycles. The van der Waals surface area contributed by atoms with Crippen LogP contribution in [0.15, 0.2) is 107 Å². The smallest absolute Gasteiger partial charge is 0.182 e. The monoisotopic (exact) mass is 520 g/mol. The molecule has 0 unspecified atom stereocenters. The fourth-order valence-corrected chi connectivity index (χ4v) is 6.31. The number of sulfone groups is 2. The van der Waals surface area contributed by atoms with E-state index in [-0.39, 0.29) is 11.5 Å². The van der Waals surface area contributed by atoms with E-state index in [4.69, 9.17) is 0 Å². The average molecular weight is 521 g/mol. The summed E-state index contributed by atoms with van der Waals surface area (Å²) in [5, 5.41) is 0. The molecule has 0 aliphatic carbocycles. The average Bonchev–Trinajstić information content (AvgIpc) is 2.85. The number of nitrogens with one attached hydrogen (secondary N) is 2. The minimum absolute atomic E-state index is 0.0727. The van der Waals surface area contributed by atoms with Crippen molar-refractivity contribution >= 4 is 31.0 Å². The van der Waals surface area contributed by atoms with Crippen molar-refractivity contribution < 1.29 is 16.8 Å². The van der Waals surface area contributed by atoms with Crippen LogP contribution in [0.5, 0.6) is 0 Å². The quantitative estimate of drug-likeness (QED) is 0.276. The van der Waals surface area contributed by atoms with Crippen LogP contribution in [0, 0.1) is 13.8 Å². The first-order valence-electron chi connectivity index (χ1n) is 11.4. The first kappa shape index (κ1) is 25.5. The highest BCUT2D eigenvalue weighted by Gasteiger charge is 2.16. The molecule has 2 N–H and O–H groups in total. The van der Waals surface area contributed by atoms with Crippen molar-refractivity contribution in [1.82, 2.24) is 0 Å². The van der Waals surface area contributed by atoms with Gasteiger partial charge in [0, 0.05) is 0 Å². The number of aryl methyl sites for hydroxylation is 2. The van der Waals surface area contributed by atoms with Gasteiger partial charge in [-0.1, -0.05) is 59.7 Å². The fourth-order valence-electron chi connectivity index (χ4n) is 3.61. The van der Waals surface area contributed by atoms with Crippen molar-refractivity contribution in [2.75, 3.05) is 10.9 Å². The molecule has 6 nitrogen and oxygen atoms in total. The van der Waals surface area contributed by atoms with Gasteiger partial charge >= 0.3 is 0 Å². The molecular formula is C28H28N2O4S2. The molecule has 36 heavy (non-hydrogen) atoms. The molecule has 8 heteroatoms. The molecule has 186 valence electrons. The van der Waals surface area contributed by atoms with Gasteiger partial charge in [0.25, 0.3) is 0 Å². The maximum absolute atomic E-state index is 12.7. The van der Waals surface area contributed by atoms with Crippen molar-refractivity contribution in [1.29, 1.82) is 0 Å². The van der Waals surface area contributed by atoms with Crippen molar-refractivity contribution in [3.8, 4) is 0 Å². The third kappa shape index (κ3) is 6.53. The molecule has 4 rings (SSSR count). The van der Waals surface area contributed by atoms with Gasteiger partial charge in [0.1, 0.15) is 0 Å². The van der Waals surface area contributed by atoms with E-state index in [0.717, 1.165) is 22.5 Å². The number of hydrazine groups is 1. The Kier molecular flexibility index (Phi) is 7.47. The highest BCUT2D eigenvalue weighted by atomic mass is 32.2. The second-order valence-electron chi connectivity index (χ2n) is 8.79. The van der Waals surface area contributed by atoms with Gasteiger partial charge in [-0.25, -0.2) is 16.8 Å². The summed E-state index contributed by atoms with van der Waals surface area (Å²) >= 11 is 0. The van der Waals surface area contributed by atoms with Gasteiger partial charge in [0.05, 0.1) is 32.7 Å². The van der Waals surface area contributed by atoms with E-state index in [9.17, 15) is 16.8 Å². The molecule has 0 spiro atoms. The summed E-state index contributed by atoms with van der Waals surface area (Å²) in [5.41, 5.74) is 11.1. The van der Waals surface area contributed by atoms with Gasteiger partial charge in [0.15, 0.2) is 19.7 Å². The summed E-state index contributed by atoms with van der Waals surface area (Å²) in [6.07, 6.45) is 0. The van der Waals surface area contributed by atoms with Crippen LogP contribution in [0.2, 0.25) is 0 Å². The minimum Gasteiger partial charge on any atom is -0.301 e. The Hall–Kier alpha value is -3.62. The van der Waals surface area contributed by atoms with E-state index in [0.29, 0.717) is 20.9 Å². The number of hydrogen-bond acceptors (Lipinski definition) is 6. The Balaban J connectivity index is 1.33. The lowest BCUT2D eigenvalue weighted by molar-refractivity contribution is 0.593. The Morgan fingerprint density at radius 1 is 0.472 bits per heavy atom. The van der Waals surface area contributed by atoms with Gasteiger partial charge in [-0.3, -0.25) is 0 Å². The molecule has 4 aromatic rings. The fraction of sp³-hybridized carbons (Fsp3) is 0.143. The number of rotatable bonds is 9. The Morgan fingerprint density at radius 3 is 1.08 bits per heavy atom. The van der Waals surface area contributed by atoms with E-state index >= 15 is 0 Å². The maximum Gasteiger partial charge on any atom is 0.182 e. The van der Waals surface area contributed by atoms with Crippen molar-refractivity contribution in [2.45, 2.75) is 35.1 Å². The molecule has 0 atom stereocenters. The first-order chi connectivity index (χ1) is 17.1. The topological polar surface area (TPSA) is 92.3 Å². The van der Waals surface area contributed by atoms with Crippen LogP contribution >= 0.6 is 0 Å². The molecular weight excluding hydrogens is 492 g/mol. The van der Waals surface area contributed by atoms with Crippen LogP contribution in [0.25, 0.3) is 0 Å². The molecule has 0 saturated carbocycles. The molecule has 0 saturated heterocycles. The van der Waals surface area contributed by atoms with Crippen molar-refractivity contribution in [2.24, 2.45) is 0 Å². The summed E-state index contributed by atoms with van der Waals surface area (Å²) < 4.78 is 50.6. The van der Waals surface area contributed by atoms with Crippen LogP contribution in [0.3, 0.4) is 0 Å². The Labute approximate surface area is 212 Å². The number of hydrogen-bond donors (Lipinski definition) is 2. The zero-order valence-corrected chi connectivity index (χ0v) is 21.7. The van der Waals surface area contributed by atoms with E-state index in [1.807, 2.05) is 13.8 Å². The predicted molar refractivity (Wildman–Crippen MR) is 144 cm³/mol. The zero-order chi connectivity index (χ0) is 25.8. The summed E-state index contributed by atoms with van der Waals surface area (Å²) in [5.74, 6) is -0.145. The van der Waals surface area contributed by atoms with E-state index in [2.05, 4.69) is 10.9 Å². The molecule has 4 aromatic carbocycles. The van der Waals surface area contributed by atoms with E-state index < -0.39 is 19.7 Å². The van der Waals surface area contributed by atoms with Crippen LogP contribution in [-0.2, 0) is 31.2 Å². The van der Waals surface area contributed by atoms with Crippen LogP contribution in [0.4, 0.5) is 11.4 Å². The first-order valence-corrected chi connectivity index (χ1v) is 14.7. The van der Waals surface area contributed by atoms with E-state index in [1.54, 1.807) is 97.1 Å². The maximum atomic E-state index is 12.7. The van der Waals surface area contributed by atoms with Crippen molar-refractivity contribution in [3.05, 3.63) is 119 Å². The van der Waals surface area contributed by atoms with Gasteiger partial charge in [-0.15, -0.1) is 0 Å². The zero-order valence-electron chi connectivity index (χ0n) is 20.1. The molecule has 0 aromatic heterocycles. The third-order valence-electron chi connectivity index (χ3n) is 5.73. The van der Waals surface area contributed by atoms with E-state index in [1.165, 1.54) is 0 Å². The number of anilines is 2. The molecule has 0 aliphatic rings. The Bertz CT molecular complexity index is 1410. The second kappa shape index (κ2) is 10.6. The van der Waals surface area contributed by atoms with Crippen molar-refractivity contribution in [3.63, 3.8) is 0 Å². The van der Waals surface area contributed by atoms with Crippen LogP contribution in [0.1, 0.15) is 22.3 Å². The van der Waals surface area contributed by atoms with Gasteiger partial charge < -0.3 is 10.9 Å². The predicted octanol–water partition coefficient (Wildman–Crippen LogP) is 5.69. The van der Waals surface area contributed by atoms with Gasteiger partial charge in [0.2, 0.25) is 0 Å². The lowest BCUT2D eigenvalue weighted by Gasteiger charge is -2.12. The summed E-state index contributed by atoms with van der Waals surface area (Å²) in [6, 6.07) is 28.0. The largest absolute Gasteiger partial charge is 0.301 e.